The number of fused-ring (bicyclic) bond motifs is 1. The summed E-state index contributed by atoms with van der Waals surface area (Å²) in [7, 11) is 0. The molecule has 1 heterocycles. The second kappa shape index (κ2) is 4.19. The summed E-state index contributed by atoms with van der Waals surface area (Å²) in [4.78, 5) is 0. The standard InChI is InChI=1S/C10H12BrNO2/c11-8-4-7(2-1-3-12)10-9(5-8)13-6-14-10/h4-5H,1-3,6,12H2. The van der Waals surface area contributed by atoms with Gasteiger partial charge in [-0.15, -0.1) is 0 Å². The van der Waals surface area contributed by atoms with Crippen LogP contribution in [0.25, 0.3) is 0 Å². The van der Waals surface area contributed by atoms with Gasteiger partial charge in [-0.2, -0.15) is 0 Å². The van der Waals surface area contributed by atoms with Crippen molar-refractivity contribution in [2.75, 3.05) is 13.3 Å². The van der Waals surface area contributed by atoms with Crippen molar-refractivity contribution < 1.29 is 9.47 Å². The van der Waals surface area contributed by atoms with Crippen LogP contribution in [0.1, 0.15) is 12.0 Å². The summed E-state index contributed by atoms with van der Waals surface area (Å²) >= 11 is 3.44. The molecule has 0 unspecified atom stereocenters. The van der Waals surface area contributed by atoms with Gasteiger partial charge in [0, 0.05) is 4.47 Å². The third-order valence-electron chi connectivity index (χ3n) is 2.16. The van der Waals surface area contributed by atoms with Gasteiger partial charge < -0.3 is 15.2 Å². The number of halogens is 1. The number of nitrogens with two attached hydrogens (primary N) is 1. The average Bonchev–Trinajstić information content (AvgIpc) is 2.61. The van der Waals surface area contributed by atoms with Crippen molar-refractivity contribution in [2.45, 2.75) is 12.8 Å². The molecular weight excluding hydrogens is 246 g/mol. The van der Waals surface area contributed by atoms with Gasteiger partial charge in [-0.05, 0) is 37.1 Å². The third-order valence-corrected chi connectivity index (χ3v) is 2.62. The van der Waals surface area contributed by atoms with Gasteiger partial charge in [0.1, 0.15) is 0 Å². The molecule has 1 aliphatic rings. The quantitative estimate of drug-likeness (QED) is 0.902. The van der Waals surface area contributed by atoms with Crippen molar-refractivity contribution in [3.63, 3.8) is 0 Å². The van der Waals surface area contributed by atoms with E-state index >= 15 is 0 Å². The molecule has 0 radical (unpaired) electrons. The van der Waals surface area contributed by atoms with Gasteiger partial charge in [0.05, 0.1) is 0 Å². The Morgan fingerprint density at radius 3 is 3.00 bits per heavy atom. The Morgan fingerprint density at radius 2 is 2.21 bits per heavy atom. The van der Waals surface area contributed by atoms with Crippen LogP contribution in [0.15, 0.2) is 16.6 Å². The maximum absolute atomic E-state index is 5.48. The van der Waals surface area contributed by atoms with E-state index in [-0.39, 0.29) is 0 Å². The van der Waals surface area contributed by atoms with Crippen LogP contribution in [-0.2, 0) is 6.42 Å². The summed E-state index contributed by atoms with van der Waals surface area (Å²) in [6, 6.07) is 3.98. The minimum Gasteiger partial charge on any atom is -0.454 e. The fourth-order valence-corrected chi connectivity index (χ4v) is 2.01. The van der Waals surface area contributed by atoms with Crippen molar-refractivity contribution in [3.8, 4) is 11.5 Å². The number of aryl methyl sites for hydroxylation is 1. The molecule has 0 aliphatic carbocycles. The lowest BCUT2D eigenvalue weighted by Crippen LogP contribution is -2.01. The van der Waals surface area contributed by atoms with Crippen molar-refractivity contribution in [1.29, 1.82) is 0 Å². The molecule has 76 valence electrons. The molecule has 1 aromatic carbocycles. The summed E-state index contributed by atoms with van der Waals surface area (Å²) < 4.78 is 11.7. The van der Waals surface area contributed by atoms with Crippen LogP contribution >= 0.6 is 15.9 Å². The van der Waals surface area contributed by atoms with Crippen molar-refractivity contribution in [2.24, 2.45) is 5.73 Å². The second-order valence-electron chi connectivity index (χ2n) is 3.19. The number of ether oxygens (including phenoxy) is 2. The van der Waals surface area contributed by atoms with Gasteiger partial charge in [0.2, 0.25) is 6.79 Å². The number of rotatable bonds is 3. The first-order valence-corrected chi connectivity index (χ1v) is 5.38. The molecular formula is C10H12BrNO2. The molecule has 0 saturated heterocycles. The van der Waals surface area contributed by atoms with Gasteiger partial charge >= 0.3 is 0 Å². The molecule has 14 heavy (non-hydrogen) atoms. The summed E-state index contributed by atoms with van der Waals surface area (Å²) in [5, 5.41) is 0. The van der Waals surface area contributed by atoms with Gasteiger partial charge in [0.15, 0.2) is 11.5 Å². The fourth-order valence-electron chi connectivity index (χ4n) is 1.52. The predicted octanol–water partition coefficient (Wildman–Crippen LogP) is 2.07. The zero-order valence-corrected chi connectivity index (χ0v) is 9.34. The number of hydrogen-bond acceptors (Lipinski definition) is 3. The fraction of sp³-hybridized carbons (Fsp3) is 0.400. The molecule has 0 aromatic heterocycles. The first-order chi connectivity index (χ1) is 6.81. The van der Waals surface area contributed by atoms with Gasteiger partial charge in [0.25, 0.3) is 0 Å². The van der Waals surface area contributed by atoms with Crippen LogP contribution in [0, 0.1) is 0 Å². The van der Waals surface area contributed by atoms with Crippen LogP contribution < -0.4 is 15.2 Å². The molecule has 2 N–H and O–H groups in total. The second-order valence-corrected chi connectivity index (χ2v) is 4.11. The lowest BCUT2D eigenvalue weighted by Gasteiger charge is -2.05. The molecule has 4 heteroatoms. The van der Waals surface area contributed by atoms with Crippen molar-refractivity contribution in [3.05, 3.63) is 22.2 Å². The van der Waals surface area contributed by atoms with E-state index < -0.39 is 0 Å². The Balaban J connectivity index is 2.29. The van der Waals surface area contributed by atoms with E-state index in [4.69, 9.17) is 15.2 Å². The van der Waals surface area contributed by atoms with Crippen LogP contribution in [-0.4, -0.2) is 13.3 Å². The summed E-state index contributed by atoms with van der Waals surface area (Å²) in [6.45, 7) is 1.02. The number of hydrogen-bond donors (Lipinski definition) is 1. The zero-order valence-electron chi connectivity index (χ0n) is 7.75. The largest absolute Gasteiger partial charge is 0.454 e. The van der Waals surface area contributed by atoms with E-state index in [0.717, 1.165) is 34.4 Å². The van der Waals surface area contributed by atoms with E-state index in [1.165, 1.54) is 0 Å². The molecule has 0 amide bonds. The SMILES string of the molecule is NCCCc1cc(Br)cc2c1OCO2. The molecule has 0 bridgehead atoms. The normalized spacial score (nSPS) is 13.3. The van der Waals surface area contributed by atoms with Gasteiger partial charge in [-0.25, -0.2) is 0 Å². The highest BCUT2D eigenvalue weighted by Crippen LogP contribution is 2.38. The highest BCUT2D eigenvalue weighted by atomic mass is 79.9. The zero-order chi connectivity index (χ0) is 9.97. The smallest absolute Gasteiger partial charge is 0.231 e. The Labute approximate surface area is 91.3 Å². The molecule has 0 saturated carbocycles. The van der Waals surface area contributed by atoms with E-state index in [2.05, 4.69) is 22.0 Å². The van der Waals surface area contributed by atoms with E-state index in [1.54, 1.807) is 0 Å². The Hall–Kier alpha value is -0.740. The molecule has 0 fully saturated rings. The molecule has 0 atom stereocenters. The summed E-state index contributed by atoms with van der Waals surface area (Å²) in [5.41, 5.74) is 6.64. The summed E-state index contributed by atoms with van der Waals surface area (Å²) in [6.07, 6.45) is 1.90. The minimum atomic E-state index is 0.321. The average molecular weight is 258 g/mol. The van der Waals surface area contributed by atoms with Crippen LogP contribution in [0.3, 0.4) is 0 Å². The Morgan fingerprint density at radius 1 is 1.36 bits per heavy atom. The van der Waals surface area contributed by atoms with Gasteiger partial charge in [-0.1, -0.05) is 15.9 Å². The Kier molecular flexibility index (Phi) is 2.93. The first-order valence-electron chi connectivity index (χ1n) is 4.59. The van der Waals surface area contributed by atoms with E-state index in [0.29, 0.717) is 13.3 Å². The topological polar surface area (TPSA) is 44.5 Å². The lowest BCUT2D eigenvalue weighted by atomic mass is 10.1. The molecule has 1 aromatic rings. The third kappa shape index (κ3) is 1.86. The highest BCUT2D eigenvalue weighted by Gasteiger charge is 2.18. The van der Waals surface area contributed by atoms with E-state index in [9.17, 15) is 0 Å². The number of benzene rings is 1. The Bertz CT molecular complexity index is 341. The van der Waals surface area contributed by atoms with Gasteiger partial charge in [-0.3, -0.25) is 0 Å². The maximum Gasteiger partial charge on any atom is 0.231 e. The van der Waals surface area contributed by atoms with Crippen LogP contribution in [0.4, 0.5) is 0 Å². The summed E-state index contributed by atoms with van der Waals surface area (Å²) in [5.74, 6) is 1.70. The molecule has 3 nitrogen and oxygen atoms in total. The highest BCUT2D eigenvalue weighted by molar-refractivity contribution is 9.10. The first kappa shape index (κ1) is 9.80. The van der Waals surface area contributed by atoms with Crippen molar-refractivity contribution in [1.82, 2.24) is 0 Å². The van der Waals surface area contributed by atoms with Crippen LogP contribution in [0.2, 0.25) is 0 Å². The maximum atomic E-state index is 5.48. The molecule has 2 rings (SSSR count). The predicted molar refractivity (Wildman–Crippen MR) is 57.6 cm³/mol. The molecule has 1 aliphatic heterocycles. The lowest BCUT2D eigenvalue weighted by molar-refractivity contribution is 0.173. The van der Waals surface area contributed by atoms with E-state index in [1.807, 2.05) is 6.07 Å². The van der Waals surface area contributed by atoms with Crippen molar-refractivity contribution >= 4 is 15.9 Å². The molecule has 0 spiro atoms. The minimum absolute atomic E-state index is 0.321. The van der Waals surface area contributed by atoms with Crippen LogP contribution in [0.5, 0.6) is 11.5 Å². The monoisotopic (exact) mass is 257 g/mol.